The molecule has 1 aromatic heterocycles. The van der Waals surface area contributed by atoms with Crippen LogP contribution in [0.3, 0.4) is 0 Å². The highest BCUT2D eigenvalue weighted by atomic mass is 32.1. The van der Waals surface area contributed by atoms with Gasteiger partial charge in [-0.2, -0.15) is 0 Å². The number of aryl methyl sites for hydroxylation is 2. The van der Waals surface area contributed by atoms with Crippen LogP contribution in [0.5, 0.6) is 0 Å². The molecule has 0 unspecified atom stereocenters. The first kappa shape index (κ1) is 18.1. The molecule has 3 aromatic rings. The van der Waals surface area contributed by atoms with Crippen molar-refractivity contribution in [2.75, 3.05) is 5.32 Å². The third-order valence-corrected chi connectivity index (χ3v) is 5.95. The van der Waals surface area contributed by atoms with Gasteiger partial charge in [0.05, 0.1) is 0 Å². The number of anilines is 1. The molecule has 0 spiro atoms. The third kappa shape index (κ3) is 3.86. The number of rotatable bonds is 4. The maximum absolute atomic E-state index is 5.87. The van der Waals surface area contributed by atoms with E-state index in [2.05, 4.69) is 83.5 Å². The molecule has 1 saturated carbocycles. The summed E-state index contributed by atoms with van der Waals surface area (Å²) >= 11 is 5.87. The second-order valence-electron chi connectivity index (χ2n) is 7.65. The molecule has 2 aromatic carbocycles. The van der Waals surface area contributed by atoms with Crippen LogP contribution in [0.2, 0.25) is 0 Å². The molecule has 0 radical (unpaired) electrons. The lowest BCUT2D eigenvalue weighted by Gasteiger charge is -2.31. The van der Waals surface area contributed by atoms with E-state index in [0.717, 1.165) is 17.3 Å². The quantitative estimate of drug-likeness (QED) is 0.595. The monoisotopic (exact) mass is 377 g/mol. The maximum Gasteiger partial charge on any atom is 0.173 e. The molecule has 1 heterocycles. The number of hydrogen-bond acceptors (Lipinski definition) is 1. The van der Waals surface area contributed by atoms with Crippen LogP contribution in [0.1, 0.15) is 36.8 Å². The van der Waals surface area contributed by atoms with Crippen molar-refractivity contribution < 1.29 is 0 Å². The molecule has 4 rings (SSSR count). The number of nitrogens with zero attached hydrogens (tertiary/aromatic N) is 2. The zero-order chi connectivity index (χ0) is 18.8. The van der Waals surface area contributed by atoms with Gasteiger partial charge in [0.1, 0.15) is 0 Å². The smallest absolute Gasteiger partial charge is 0.173 e. The van der Waals surface area contributed by atoms with Gasteiger partial charge in [0, 0.05) is 42.4 Å². The van der Waals surface area contributed by atoms with Crippen LogP contribution in [-0.4, -0.2) is 20.6 Å². The van der Waals surface area contributed by atoms with Crippen molar-refractivity contribution in [1.29, 1.82) is 0 Å². The van der Waals surface area contributed by atoms with E-state index in [1.54, 1.807) is 0 Å². The van der Waals surface area contributed by atoms with Crippen molar-refractivity contribution >= 4 is 33.9 Å². The Hall–Kier alpha value is -2.33. The summed E-state index contributed by atoms with van der Waals surface area (Å²) in [5.74, 6) is 0. The van der Waals surface area contributed by atoms with Gasteiger partial charge in [0.15, 0.2) is 5.11 Å². The van der Waals surface area contributed by atoms with E-state index >= 15 is 0 Å². The van der Waals surface area contributed by atoms with Gasteiger partial charge in [-0.25, -0.2) is 0 Å². The molecule has 1 aliphatic carbocycles. The van der Waals surface area contributed by atoms with Gasteiger partial charge in [-0.3, -0.25) is 0 Å². The van der Waals surface area contributed by atoms with Crippen LogP contribution >= 0.6 is 12.2 Å². The summed E-state index contributed by atoms with van der Waals surface area (Å²) in [6, 6.07) is 17.6. The highest BCUT2D eigenvalue weighted by molar-refractivity contribution is 7.80. The van der Waals surface area contributed by atoms with Crippen molar-refractivity contribution in [3.8, 4) is 0 Å². The third-order valence-electron chi connectivity index (χ3n) is 5.62. The highest BCUT2D eigenvalue weighted by Crippen LogP contribution is 2.28. The first-order valence-corrected chi connectivity index (χ1v) is 10.2. The Morgan fingerprint density at radius 3 is 2.70 bits per heavy atom. The minimum absolute atomic E-state index is 0.522. The molecule has 27 heavy (non-hydrogen) atoms. The second kappa shape index (κ2) is 7.73. The van der Waals surface area contributed by atoms with Crippen LogP contribution in [0, 0.1) is 6.92 Å². The summed E-state index contributed by atoms with van der Waals surface area (Å²) in [4.78, 5) is 2.41. The second-order valence-corrected chi connectivity index (χ2v) is 8.03. The highest BCUT2D eigenvalue weighted by Gasteiger charge is 2.25. The molecule has 1 N–H and O–H groups in total. The van der Waals surface area contributed by atoms with Crippen molar-refractivity contribution in [3.05, 3.63) is 65.9 Å². The fourth-order valence-corrected chi connectivity index (χ4v) is 4.57. The number of para-hydroxylation sites is 1. The van der Waals surface area contributed by atoms with Gasteiger partial charge in [0.25, 0.3) is 0 Å². The van der Waals surface area contributed by atoms with E-state index < -0.39 is 0 Å². The Morgan fingerprint density at radius 2 is 1.93 bits per heavy atom. The topological polar surface area (TPSA) is 20.2 Å². The summed E-state index contributed by atoms with van der Waals surface area (Å²) in [5.41, 5.74) is 4.93. The predicted octanol–water partition coefficient (Wildman–Crippen LogP) is 5.63. The Balaban J connectivity index is 1.61. The summed E-state index contributed by atoms with van der Waals surface area (Å²) < 4.78 is 2.22. The number of thiocarbonyl (C=S) groups is 1. The summed E-state index contributed by atoms with van der Waals surface area (Å²) in [5, 5.41) is 5.64. The molecular weight excluding hydrogens is 350 g/mol. The lowest BCUT2D eigenvalue weighted by Crippen LogP contribution is -2.40. The maximum atomic E-state index is 5.87. The first-order valence-electron chi connectivity index (χ1n) is 9.79. The van der Waals surface area contributed by atoms with Crippen LogP contribution in [0.4, 0.5) is 5.69 Å². The molecule has 0 bridgehead atoms. The Morgan fingerprint density at radius 1 is 1.15 bits per heavy atom. The van der Waals surface area contributed by atoms with Crippen LogP contribution in [0.25, 0.3) is 10.9 Å². The molecule has 0 atom stereocenters. The minimum Gasteiger partial charge on any atom is -0.350 e. The zero-order valence-electron chi connectivity index (χ0n) is 16.1. The molecule has 140 valence electrons. The fourth-order valence-electron chi connectivity index (χ4n) is 4.24. The van der Waals surface area contributed by atoms with E-state index in [1.807, 2.05) is 0 Å². The van der Waals surface area contributed by atoms with Crippen molar-refractivity contribution in [2.24, 2.45) is 7.05 Å². The molecule has 0 amide bonds. The lowest BCUT2D eigenvalue weighted by molar-refractivity contribution is 0.313. The summed E-state index contributed by atoms with van der Waals surface area (Å²) in [7, 11) is 2.12. The van der Waals surface area contributed by atoms with Gasteiger partial charge in [-0.05, 0) is 61.3 Å². The molecule has 3 nitrogen and oxygen atoms in total. The lowest BCUT2D eigenvalue weighted by atomic mass is 10.1. The average Bonchev–Trinajstić information content (AvgIpc) is 3.29. The minimum atomic E-state index is 0.522. The molecule has 0 saturated heterocycles. The Kier molecular flexibility index (Phi) is 5.17. The van der Waals surface area contributed by atoms with Crippen LogP contribution in [-0.2, 0) is 13.6 Å². The Bertz CT molecular complexity index is 953. The largest absolute Gasteiger partial charge is 0.350 e. The average molecular weight is 378 g/mol. The van der Waals surface area contributed by atoms with E-state index in [9.17, 15) is 0 Å². The van der Waals surface area contributed by atoms with Crippen molar-refractivity contribution in [2.45, 2.75) is 45.2 Å². The SMILES string of the molecule is Cc1cccc(NC(=S)N(Cc2cn(C)c3ccccc23)C2CCCC2)c1. The predicted molar refractivity (Wildman–Crippen MR) is 118 cm³/mol. The molecule has 4 heteroatoms. The normalized spacial score (nSPS) is 14.6. The molecule has 0 aliphatic heterocycles. The molecular formula is C23H27N3S. The standard InChI is InChI=1S/C23H27N3S/c1-17-8-7-9-19(14-17)24-23(27)26(20-10-3-4-11-20)16-18-15-25(2)22-13-6-5-12-21(18)22/h5-9,12-15,20H,3-4,10-11,16H2,1-2H3,(H,24,27). The number of aromatic nitrogens is 1. The van der Waals surface area contributed by atoms with Gasteiger partial charge in [0.2, 0.25) is 0 Å². The van der Waals surface area contributed by atoms with E-state index in [0.29, 0.717) is 6.04 Å². The molecule has 1 fully saturated rings. The molecule has 1 aliphatic rings. The van der Waals surface area contributed by atoms with Crippen LogP contribution in [0.15, 0.2) is 54.7 Å². The van der Waals surface area contributed by atoms with E-state index in [4.69, 9.17) is 12.2 Å². The number of nitrogens with one attached hydrogen (secondary N) is 1. The number of benzene rings is 2. The van der Waals surface area contributed by atoms with Gasteiger partial charge in [-0.15, -0.1) is 0 Å². The number of hydrogen-bond donors (Lipinski definition) is 1. The van der Waals surface area contributed by atoms with Crippen molar-refractivity contribution in [1.82, 2.24) is 9.47 Å². The van der Waals surface area contributed by atoms with Gasteiger partial charge < -0.3 is 14.8 Å². The van der Waals surface area contributed by atoms with E-state index in [1.165, 1.54) is 47.7 Å². The van der Waals surface area contributed by atoms with Crippen LogP contribution < -0.4 is 5.32 Å². The van der Waals surface area contributed by atoms with E-state index in [-0.39, 0.29) is 0 Å². The number of fused-ring (bicyclic) bond motifs is 1. The zero-order valence-corrected chi connectivity index (χ0v) is 16.9. The summed E-state index contributed by atoms with van der Waals surface area (Å²) in [6.45, 7) is 2.96. The Labute approximate surface area is 167 Å². The first-order chi connectivity index (χ1) is 13.1. The van der Waals surface area contributed by atoms with Gasteiger partial charge >= 0.3 is 0 Å². The summed E-state index contributed by atoms with van der Waals surface area (Å²) in [6.07, 6.45) is 7.29. The van der Waals surface area contributed by atoms with Gasteiger partial charge in [-0.1, -0.05) is 43.2 Å². The fraction of sp³-hybridized carbons (Fsp3) is 0.348. The van der Waals surface area contributed by atoms with Crippen molar-refractivity contribution in [3.63, 3.8) is 0 Å².